The Labute approximate surface area is 122 Å². The highest BCUT2D eigenvalue weighted by molar-refractivity contribution is 7.18. The Kier molecular flexibility index (Phi) is 3.93. The third-order valence-electron chi connectivity index (χ3n) is 3.62. The molecule has 3 rings (SSSR count). The molecule has 1 aliphatic carbocycles. The molecule has 0 aliphatic heterocycles. The number of anilines is 1. The van der Waals surface area contributed by atoms with Gasteiger partial charge in [-0.3, -0.25) is 0 Å². The summed E-state index contributed by atoms with van der Waals surface area (Å²) in [5.74, 6) is 0. The first-order chi connectivity index (χ1) is 9.85. The van der Waals surface area contributed by atoms with E-state index in [1.807, 2.05) is 24.3 Å². The van der Waals surface area contributed by atoms with Gasteiger partial charge in [0.1, 0.15) is 5.01 Å². The summed E-state index contributed by atoms with van der Waals surface area (Å²) in [5, 5.41) is 22.5. The van der Waals surface area contributed by atoms with Crippen LogP contribution in [0.4, 0.5) is 5.13 Å². The second kappa shape index (κ2) is 6.02. The van der Waals surface area contributed by atoms with Crippen LogP contribution in [0.3, 0.4) is 0 Å². The summed E-state index contributed by atoms with van der Waals surface area (Å²) in [4.78, 5) is 0. The average molecular weight is 284 g/mol. The molecule has 1 aromatic carbocycles. The van der Waals surface area contributed by atoms with Gasteiger partial charge in [0, 0.05) is 11.6 Å². The largest absolute Gasteiger partial charge is 0.357 e. The minimum atomic E-state index is 0.547. The van der Waals surface area contributed by atoms with E-state index in [2.05, 4.69) is 21.6 Å². The topological polar surface area (TPSA) is 61.6 Å². The molecular formula is C15H16N4S. The molecule has 0 amide bonds. The van der Waals surface area contributed by atoms with E-state index in [9.17, 15) is 0 Å². The van der Waals surface area contributed by atoms with Gasteiger partial charge in [0.2, 0.25) is 5.13 Å². The lowest BCUT2D eigenvalue weighted by molar-refractivity contribution is 0.462. The van der Waals surface area contributed by atoms with Crippen molar-refractivity contribution in [3.05, 3.63) is 29.8 Å². The summed E-state index contributed by atoms with van der Waals surface area (Å²) in [6.45, 7) is 0. The number of nitriles is 1. The number of aromatic nitrogens is 2. The van der Waals surface area contributed by atoms with Crippen molar-refractivity contribution in [2.75, 3.05) is 5.32 Å². The molecule has 1 aromatic heterocycles. The van der Waals surface area contributed by atoms with Crippen molar-refractivity contribution in [3.63, 3.8) is 0 Å². The Bertz CT molecular complexity index is 606. The van der Waals surface area contributed by atoms with Crippen LogP contribution < -0.4 is 5.32 Å². The van der Waals surface area contributed by atoms with Crippen molar-refractivity contribution in [2.24, 2.45) is 0 Å². The van der Waals surface area contributed by atoms with E-state index in [1.165, 1.54) is 32.1 Å². The molecule has 1 saturated carbocycles. The Balaban J connectivity index is 1.70. The summed E-state index contributed by atoms with van der Waals surface area (Å²) >= 11 is 1.58. The van der Waals surface area contributed by atoms with Gasteiger partial charge in [-0.15, -0.1) is 10.2 Å². The third kappa shape index (κ3) is 2.97. The normalized spacial score (nSPS) is 15.8. The molecule has 0 bridgehead atoms. The number of nitrogens with zero attached hydrogens (tertiary/aromatic N) is 3. The lowest BCUT2D eigenvalue weighted by atomic mass is 9.96. The minimum absolute atomic E-state index is 0.547. The first-order valence-corrected chi connectivity index (χ1v) is 7.77. The van der Waals surface area contributed by atoms with E-state index in [4.69, 9.17) is 5.26 Å². The van der Waals surface area contributed by atoms with Gasteiger partial charge in [0.25, 0.3) is 0 Å². The van der Waals surface area contributed by atoms with E-state index < -0.39 is 0 Å². The van der Waals surface area contributed by atoms with Gasteiger partial charge < -0.3 is 5.32 Å². The standard InChI is InChI=1S/C15H16N4S/c16-10-11-6-8-12(9-7-11)14-18-19-15(20-14)17-13-4-2-1-3-5-13/h6-9,13H,1-5H2,(H,17,19). The average Bonchev–Trinajstić information content (AvgIpc) is 2.97. The summed E-state index contributed by atoms with van der Waals surface area (Å²) in [6.07, 6.45) is 6.42. The Morgan fingerprint density at radius 2 is 1.85 bits per heavy atom. The summed E-state index contributed by atoms with van der Waals surface area (Å²) in [7, 11) is 0. The van der Waals surface area contributed by atoms with Crippen LogP contribution in [0, 0.1) is 11.3 Å². The Morgan fingerprint density at radius 3 is 2.55 bits per heavy atom. The second-order valence-electron chi connectivity index (χ2n) is 5.08. The van der Waals surface area contributed by atoms with E-state index in [-0.39, 0.29) is 0 Å². The monoisotopic (exact) mass is 284 g/mol. The van der Waals surface area contributed by atoms with Crippen molar-refractivity contribution in [3.8, 4) is 16.6 Å². The maximum absolute atomic E-state index is 8.80. The van der Waals surface area contributed by atoms with Gasteiger partial charge >= 0.3 is 0 Å². The third-order valence-corrected chi connectivity index (χ3v) is 4.52. The molecule has 0 spiro atoms. The highest BCUT2D eigenvalue weighted by Gasteiger charge is 2.15. The molecule has 1 heterocycles. The predicted molar refractivity (Wildman–Crippen MR) is 80.6 cm³/mol. The maximum Gasteiger partial charge on any atom is 0.206 e. The molecule has 1 fully saturated rings. The van der Waals surface area contributed by atoms with Crippen LogP contribution in [0.2, 0.25) is 0 Å². The minimum Gasteiger partial charge on any atom is -0.357 e. The molecular weight excluding hydrogens is 268 g/mol. The molecule has 0 unspecified atom stereocenters. The molecule has 20 heavy (non-hydrogen) atoms. The first-order valence-electron chi connectivity index (χ1n) is 6.96. The number of hydrogen-bond donors (Lipinski definition) is 1. The van der Waals surface area contributed by atoms with Crippen LogP contribution in [-0.4, -0.2) is 16.2 Å². The highest BCUT2D eigenvalue weighted by Crippen LogP contribution is 2.28. The van der Waals surface area contributed by atoms with Crippen LogP contribution in [0.1, 0.15) is 37.7 Å². The quantitative estimate of drug-likeness (QED) is 0.930. The van der Waals surface area contributed by atoms with Crippen LogP contribution in [0.25, 0.3) is 10.6 Å². The summed E-state index contributed by atoms with van der Waals surface area (Å²) in [5.41, 5.74) is 1.68. The van der Waals surface area contributed by atoms with Crippen molar-refractivity contribution in [1.82, 2.24) is 10.2 Å². The van der Waals surface area contributed by atoms with E-state index in [1.54, 1.807) is 11.3 Å². The van der Waals surface area contributed by atoms with Crippen molar-refractivity contribution < 1.29 is 0 Å². The Morgan fingerprint density at radius 1 is 1.10 bits per heavy atom. The fourth-order valence-electron chi connectivity index (χ4n) is 2.51. The fourth-order valence-corrected chi connectivity index (χ4v) is 3.33. The lowest BCUT2D eigenvalue weighted by Crippen LogP contribution is -2.21. The van der Waals surface area contributed by atoms with Gasteiger partial charge in [-0.05, 0) is 25.0 Å². The molecule has 102 valence electrons. The van der Waals surface area contributed by atoms with Crippen molar-refractivity contribution in [2.45, 2.75) is 38.1 Å². The first kappa shape index (κ1) is 13.1. The number of benzene rings is 1. The Hall–Kier alpha value is -1.93. The lowest BCUT2D eigenvalue weighted by Gasteiger charge is -2.21. The SMILES string of the molecule is N#Cc1ccc(-c2nnc(NC3CCCCC3)s2)cc1. The van der Waals surface area contributed by atoms with E-state index >= 15 is 0 Å². The number of hydrogen-bond acceptors (Lipinski definition) is 5. The molecule has 0 radical (unpaired) electrons. The number of nitrogens with one attached hydrogen (secondary N) is 1. The highest BCUT2D eigenvalue weighted by atomic mass is 32.1. The zero-order valence-electron chi connectivity index (χ0n) is 11.2. The smallest absolute Gasteiger partial charge is 0.206 e. The molecule has 0 saturated heterocycles. The molecule has 2 aromatic rings. The zero-order chi connectivity index (χ0) is 13.8. The van der Waals surface area contributed by atoms with Gasteiger partial charge in [-0.2, -0.15) is 5.26 Å². The van der Waals surface area contributed by atoms with Crippen LogP contribution in [0.15, 0.2) is 24.3 Å². The van der Waals surface area contributed by atoms with Crippen LogP contribution in [-0.2, 0) is 0 Å². The van der Waals surface area contributed by atoms with Gasteiger partial charge in [0.05, 0.1) is 11.6 Å². The second-order valence-corrected chi connectivity index (χ2v) is 6.06. The zero-order valence-corrected chi connectivity index (χ0v) is 12.0. The van der Waals surface area contributed by atoms with Gasteiger partial charge in [0.15, 0.2) is 0 Å². The van der Waals surface area contributed by atoms with Crippen LogP contribution >= 0.6 is 11.3 Å². The number of rotatable bonds is 3. The predicted octanol–water partition coefficient (Wildman–Crippen LogP) is 3.82. The molecule has 1 aliphatic rings. The van der Waals surface area contributed by atoms with Gasteiger partial charge in [-0.25, -0.2) is 0 Å². The van der Waals surface area contributed by atoms with E-state index in [0.717, 1.165) is 15.7 Å². The molecule has 1 N–H and O–H groups in total. The van der Waals surface area contributed by atoms with Crippen LogP contribution in [0.5, 0.6) is 0 Å². The molecule has 4 nitrogen and oxygen atoms in total. The van der Waals surface area contributed by atoms with Crippen molar-refractivity contribution >= 4 is 16.5 Å². The van der Waals surface area contributed by atoms with Gasteiger partial charge in [-0.1, -0.05) is 42.7 Å². The fraction of sp³-hybridized carbons (Fsp3) is 0.400. The summed E-state index contributed by atoms with van der Waals surface area (Å²) < 4.78 is 0. The van der Waals surface area contributed by atoms with E-state index in [0.29, 0.717) is 11.6 Å². The maximum atomic E-state index is 8.80. The summed E-state index contributed by atoms with van der Waals surface area (Å²) in [6, 6.07) is 10.1. The molecule has 0 atom stereocenters. The van der Waals surface area contributed by atoms with Crippen molar-refractivity contribution in [1.29, 1.82) is 5.26 Å². The molecule has 5 heteroatoms.